The zero-order chi connectivity index (χ0) is 30.3. The quantitative estimate of drug-likeness (QED) is 0.163. The molecule has 0 aliphatic carbocycles. The van der Waals surface area contributed by atoms with Gasteiger partial charge in [0.25, 0.3) is 0 Å². The second-order valence-corrected chi connectivity index (χ2v) is 18.7. The number of hydroxylamine groups is 2. The Morgan fingerprint density at radius 1 is 0.976 bits per heavy atom. The van der Waals surface area contributed by atoms with Crippen LogP contribution in [0.15, 0.2) is 16.7 Å². The number of hydrogen-bond acceptors (Lipinski definition) is 7. The van der Waals surface area contributed by atoms with Crippen LogP contribution >= 0.6 is 0 Å². The van der Waals surface area contributed by atoms with Crippen LogP contribution in [0.3, 0.4) is 0 Å². The van der Waals surface area contributed by atoms with E-state index < -0.39 is 24.1 Å². The number of furan rings is 1. The third kappa shape index (κ3) is 11.5. The third-order valence-electron chi connectivity index (χ3n) is 8.69. The molecule has 1 fully saturated rings. The predicted molar refractivity (Wildman–Crippen MR) is 167 cm³/mol. The van der Waals surface area contributed by atoms with Crippen LogP contribution in [0.1, 0.15) is 97.5 Å². The lowest BCUT2D eigenvalue weighted by atomic mass is 10.1. The minimum atomic E-state index is -3.48. The summed E-state index contributed by atoms with van der Waals surface area (Å²) in [5, 5.41) is 5.41. The van der Waals surface area contributed by atoms with Crippen molar-refractivity contribution >= 4 is 35.4 Å². The molecule has 1 aromatic heterocycles. The van der Waals surface area contributed by atoms with Gasteiger partial charge < -0.3 is 14.6 Å². The van der Waals surface area contributed by atoms with E-state index in [4.69, 9.17) is 9.25 Å². The molecule has 1 saturated heterocycles. The van der Waals surface area contributed by atoms with Gasteiger partial charge in [0, 0.05) is 32.6 Å². The fourth-order valence-electron chi connectivity index (χ4n) is 5.63. The van der Waals surface area contributed by atoms with E-state index >= 15 is 0 Å². The third-order valence-corrected chi connectivity index (χ3v) is 15.3. The number of amides is 1. The van der Waals surface area contributed by atoms with Crippen molar-refractivity contribution in [2.75, 3.05) is 32.4 Å². The average molecular weight is 614 g/mol. The van der Waals surface area contributed by atoms with Gasteiger partial charge in [0.05, 0.1) is 17.9 Å². The fourth-order valence-corrected chi connectivity index (χ4v) is 9.80. The first-order chi connectivity index (χ1) is 19.6. The molecule has 1 aromatic rings. The van der Waals surface area contributed by atoms with Gasteiger partial charge in [-0.1, -0.05) is 97.2 Å². The Labute approximate surface area is 249 Å². The Morgan fingerprint density at radius 3 is 2.17 bits per heavy atom. The summed E-state index contributed by atoms with van der Waals surface area (Å²) in [5.74, 6) is -0.725. The minimum Gasteiger partial charge on any atom is -0.474 e. The Kier molecular flexibility index (Phi) is 15.7. The maximum Gasteiger partial charge on any atom is 0.325 e. The molecule has 1 N–H and O–H groups in total. The van der Waals surface area contributed by atoms with Gasteiger partial charge in [-0.05, 0) is 24.5 Å². The van der Waals surface area contributed by atoms with Gasteiger partial charge in [-0.2, -0.15) is 4.31 Å². The van der Waals surface area contributed by atoms with Crippen molar-refractivity contribution in [3.8, 4) is 0 Å². The fraction of sp³-hybridized carbons (Fsp3) is 0.800. The van der Waals surface area contributed by atoms with E-state index in [2.05, 4.69) is 39.1 Å². The van der Waals surface area contributed by atoms with Gasteiger partial charge in [-0.3, -0.25) is 9.59 Å². The number of hydrogen-bond donors (Lipinski definition) is 1. The largest absolute Gasteiger partial charge is 0.474 e. The minimum absolute atomic E-state index is 0.0521. The molecule has 0 aromatic carbocycles. The molecule has 2 heterocycles. The van der Waals surface area contributed by atoms with Gasteiger partial charge in [0.2, 0.25) is 15.9 Å². The summed E-state index contributed by atoms with van der Waals surface area (Å²) in [6.07, 6.45) is 14.2. The Morgan fingerprint density at radius 2 is 1.59 bits per heavy atom. The second-order valence-electron chi connectivity index (χ2n) is 11.5. The lowest BCUT2D eigenvalue weighted by Crippen LogP contribution is -2.60. The monoisotopic (exact) mass is 613 g/mol. The van der Waals surface area contributed by atoms with Crippen LogP contribution in [0, 0.1) is 0 Å². The van der Waals surface area contributed by atoms with Crippen molar-refractivity contribution in [3.05, 3.63) is 17.9 Å². The van der Waals surface area contributed by atoms with E-state index in [1.807, 2.05) is 0 Å². The van der Waals surface area contributed by atoms with Crippen molar-refractivity contribution in [1.29, 1.82) is 0 Å². The highest BCUT2D eigenvalue weighted by molar-refractivity contribution is 7.88. The number of piperazine rings is 1. The summed E-state index contributed by atoms with van der Waals surface area (Å²) in [7, 11) is -5.09. The van der Waals surface area contributed by atoms with Gasteiger partial charge in [-0.15, -0.1) is 5.06 Å². The molecule has 2 rings (SSSR count). The summed E-state index contributed by atoms with van der Waals surface area (Å²) in [4.78, 5) is 31.4. The number of nitrogens with one attached hydrogen (secondary N) is 1. The summed E-state index contributed by atoms with van der Waals surface area (Å²) in [6, 6.07) is 4.65. The zero-order valence-electron chi connectivity index (χ0n) is 26.2. The number of carbonyl (C=O) groups excluding carboxylic acids is 2. The SMILES string of the molecule is CCCCCCCCCCCC(=O)ON1CCN(S(C)(=O)=O)CC1C(=O)NCCc1coc([Si](CC)(CC)CC)c1. The van der Waals surface area contributed by atoms with Gasteiger partial charge >= 0.3 is 5.97 Å². The van der Waals surface area contributed by atoms with E-state index in [9.17, 15) is 18.0 Å². The van der Waals surface area contributed by atoms with Crippen molar-refractivity contribution in [2.45, 2.75) is 122 Å². The molecular weight excluding hydrogens is 558 g/mol. The molecule has 1 atom stereocenters. The van der Waals surface area contributed by atoms with Crippen LogP contribution in [0.5, 0.6) is 0 Å². The molecule has 0 saturated carbocycles. The van der Waals surface area contributed by atoms with E-state index in [-0.39, 0.29) is 37.9 Å². The molecule has 236 valence electrons. The smallest absolute Gasteiger partial charge is 0.325 e. The van der Waals surface area contributed by atoms with Crippen LogP contribution in [-0.2, 0) is 30.9 Å². The lowest BCUT2D eigenvalue weighted by molar-refractivity contribution is -0.209. The number of sulfonamides is 1. The molecule has 0 bridgehead atoms. The van der Waals surface area contributed by atoms with Crippen LogP contribution < -0.4 is 10.7 Å². The highest BCUT2D eigenvalue weighted by Crippen LogP contribution is 2.21. The molecule has 41 heavy (non-hydrogen) atoms. The van der Waals surface area contributed by atoms with Crippen molar-refractivity contribution < 1.29 is 27.3 Å². The molecule has 0 radical (unpaired) electrons. The van der Waals surface area contributed by atoms with Crippen LogP contribution in [0.25, 0.3) is 0 Å². The van der Waals surface area contributed by atoms with Crippen molar-refractivity contribution in [2.24, 2.45) is 0 Å². The van der Waals surface area contributed by atoms with Crippen LogP contribution in [0.2, 0.25) is 18.1 Å². The standard InChI is InChI=1S/C30H55N3O6SSi/c1-6-10-11-12-13-14-15-16-17-18-28(34)39-33-22-21-32(40(5,36)37)24-27(33)30(35)31-20-19-26-23-29(38-25-26)41(7-2,8-3)9-4/h23,25,27H,6-22,24H2,1-5H3,(H,31,35). The first-order valence-electron chi connectivity index (χ1n) is 15.9. The van der Waals surface area contributed by atoms with Gasteiger partial charge in [0.1, 0.15) is 14.1 Å². The van der Waals surface area contributed by atoms with E-state index in [0.717, 1.165) is 54.6 Å². The molecule has 9 nitrogen and oxygen atoms in total. The van der Waals surface area contributed by atoms with Crippen LogP contribution in [-0.4, -0.2) is 76.2 Å². The van der Waals surface area contributed by atoms with E-state index in [1.54, 1.807) is 6.26 Å². The molecule has 11 heteroatoms. The molecule has 1 aliphatic rings. The number of rotatable bonds is 20. The zero-order valence-corrected chi connectivity index (χ0v) is 28.0. The maximum absolute atomic E-state index is 13.2. The topological polar surface area (TPSA) is 109 Å². The summed E-state index contributed by atoms with van der Waals surface area (Å²) < 4.78 is 31.6. The summed E-state index contributed by atoms with van der Waals surface area (Å²) in [5.41, 5.74) is 1.04. The molecule has 1 aliphatic heterocycles. The molecule has 1 amide bonds. The van der Waals surface area contributed by atoms with Crippen LogP contribution in [0.4, 0.5) is 0 Å². The number of nitrogens with zero attached hydrogens (tertiary/aromatic N) is 2. The van der Waals surface area contributed by atoms with E-state index in [0.29, 0.717) is 13.0 Å². The maximum atomic E-state index is 13.2. The Bertz CT molecular complexity index is 1020. The summed E-state index contributed by atoms with van der Waals surface area (Å²) in [6.45, 7) is 9.58. The normalized spacial score (nSPS) is 17.0. The van der Waals surface area contributed by atoms with Crippen molar-refractivity contribution in [1.82, 2.24) is 14.7 Å². The van der Waals surface area contributed by atoms with Crippen molar-refractivity contribution in [3.63, 3.8) is 0 Å². The van der Waals surface area contributed by atoms with Gasteiger partial charge in [0.15, 0.2) is 0 Å². The number of unbranched alkanes of at least 4 members (excludes halogenated alkanes) is 8. The predicted octanol–water partition coefficient (Wildman–Crippen LogP) is 4.98. The Balaban J connectivity index is 1.87. The molecule has 0 spiro atoms. The number of carbonyl (C=O) groups is 2. The highest BCUT2D eigenvalue weighted by atomic mass is 32.2. The molecular formula is C30H55N3O6SSi. The first kappa shape index (κ1) is 35.5. The second kappa shape index (κ2) is 18.1. The first-order valence-corrected chi connectivity index (χ1v) is 20.3. The lowest BCUT2D eigenvalue weighted by Gasteiger charge is -2.37. The summed E-state index contributed by atoms with van der Waals surface area (Å²) >= 11 is 0. The Hall–Kier alpha value is -1.69. The van der Waals surface area contributed by atoms with Gasteiger partial charge in [-0.25, -0.2) is 8.42 Å². The average Bonchev–Trinajstić information content (AvgIpc) is 3.42. The highest BCUT2D eigenvalue weighted by Gasteiger charge is 2.38. The molecule has 1 unspecified atom stereocenters. The van der Waals surface area contributed by atoms with E-state index in [1.165, 1.54) is 47.9 Å².